The number of hydrogen-bond donors (Lipinski definition) is 2. The van der Waals surface area contributed by atoms with Crippen LogP contribution < -0.4 is 10.6 Å². The predicted octanol–water partition coefficient (Wildman–Crippen LogP) is 4.92. The van der Waals surface area contributed by atoms with Gasteiger partial charge in [-0.2, -0.15) is 0 Å². The highest BCUT2D eigenvalue weighted by atomic mass is 16.2. The molecule has 0 saturated carbocycles. The van der Waals surface area contributed by atoms with E-state index < -0.39 is 0 Å². The number of nitrogens with one attached hydrogen (secondary N) is 2. The number of amides is 2. The van der Waals surface area contributed by atoms with E-state index in [1.807, 2.05) is 64.1 Å². The molecule has 2 N–H and O–H groups in total. The van der Waals surface area contributed by atoms with Crippen LogP contribution in [0.1, 0.15) is 48.9 Å². The standard InChI is InChI=1S/C28H42N4O2/c1-7-16-32(20-26(34)30-28-23(5)14-10-15-24(28)6)18-11-17-31(8-2)19-25(33)29-27-21(3)12-9-13-22(27)4/h9-10,12-15H,7-8,11,16-20H2,1-6H3,(H,29,33)(H,30,34). The molecular formula is C28H42N4O2. The number of anilines is 2. The van der Waals surface area contributed by atoms with Crippen molar-refractivity contribution in [3.05, 3.63) is 58.7 Å². The van der Waals surface area contributed by atoms with Crippen LogP contribution in [0.15, 0.2) is 36.4 Å². The number of rotatable bonds is 13. The molecule has 6 heteroatoms. The number of hydrogen-bond acceptors (Lipinski definition) is 4. The fraction of sp³-hybridized carbons (Fsp3) is 0.500. The Morgan fingerprint density at radius 2 is 1.09 bits per heavy atom. The van der Waals surface area contributed by atoms with Gasteiger partial charge in [0.15, 0.2) is 0 Å². The summed E-state index contributed by atoms with van der Waals surface area (Å²) in [5.74, 6) is 0.0313. The van der Waals surface area contributed by atoms with Gasteiger partial charge in [-0.1, -0.05) is 50.2 Å². The molecule has 6 nitrogen and oxygen atoms in total. The zero-order valence-corrected chi connectivity index (χ0v) is 21.8. The summed E-state index contributed by atoms with van der Waals surface area (Å²) in [5, 5.41) is 6.17. The molecule has 0 bridgehead atoms. The lowest BCUT2D eigenvalue weighted by Crippen LogP contribution is -2.38. The molecule has 186 valence electrons. The Balaban J connectivity index is 1.84. The second kappa shape index (κ2) is 13.9. The third-order valence-corrected chi connectivity index (χ3v) is 6.16. The normalized spacial score (nSPS) is 11.2. The Bertz CT molecular complexity index is 917. The lowest BCUT2D eigenvalue weighted by molar-refractivity contribution is -0.117. The Hall–Kier alpha value is -2.70. The van der Waals surface area contributed by atoms with E-state index in [9.17, 15) is 9.59 Å². The maximum atomic E-state index is 12.7. The van der Waals surface area contributed by atoms with E-state index in [0.717, 1.165) is 72.6 Å². The quantitative estimate of drug-likeness (QED) is 0.440. The van der Waals surface area contributed by atoms with Gasteiger partial charge in [-0.25, -0.2) is 0 Å². The van der Waals surface area contributed by atoms with Crippen molar-refractivity contribution in [3.8, 4) is 0 Å². The molecule has 0 aliphatic rings. The highest BCUT2D eigenvalue weighted by Gasteiger charge is 2.15. The number of nitrogens with zero attached hydrogens (tertiary/aromatic N) is 2. The number of aryl methyl sites for hydroxylation is 4. The SMILES string of the molecule is CCCN(CCCN(CC)CC(=O)Nc1c(C)cccc1C)CC(=O)Nc1c(C)cccc1C. The first-order valence-electron chi connectivity index (χ1n) is 12.4. The lowest BCUT2D eigenvalue weighted by Gasteiger charge is -2.25. The first kappa shape index (κ1) is 27.5. The minimum Gasteiger partial charge on any atom is -0.324 e. The minimum atomic E-state index is 0.0117. The van der Waals surface area contributed by atoms with Crippen molar-refractivity contribution >= 4 is 23.2 Å². The van der Waals surface area contributed by atoms with Crippen molar-refractivity contribution in [2.45, 2.75) is 54.4 Å². The summed E-state index contributed by atoms with van der Waals surface area (Å²) < 4.78 is 0. The molecule has 0 aromatic heterocycles. The van der Waals surface area contributed by atoms with E-state index in [-0.39, 0.29) is 11.8 Å². The molecule has 34 heavy (non-hydrogen) atoms. The molecule has 0 heterocycles. The van der Waals surface area contributed by atoms with Crippen LogP contribution in [0.25, 0.3) is 0 Å². The summed E-state index contributed by atoms with van der Waals surface area (Å²) in [5.41, 5.74) is 6.13. The van der Waals surface area contributed by atoms with E-state index in [1.165, 1.54) is 0 Å². The topological polar surface area (TPSA) is 64.7 Å². The fourth-order valence-corrected chi connectivity index (χ4v) is 4.24. The van der Waals surface area contributed by atoms with Crippen LogP contribution in [0.3, 0.4) is 0 Å². The average molecular weight is 467 g/mol. The molecule has 0 aliphatic carbocycles. The third kappa shape index (κ3) is 8.58. The van der Waals surface area contributed by atoms with Gasteiger partial charge in [-0.15, -0.1) is 0 Å². The van der Waals surface area contributed by atoms with Crippen molar-refractivity contribution in [2.75, 3.05) is 49.9 Å². The van der Waals surface area contributed by atoms with Crippen molar-refractivity contribution in [1.82, 2.24) is 9.80 Å². The van der Waals surface area contributed by atoms with Gasteiger partial charge in [0.2, 0.25) is 11.8 Å². The van der Waals surface area contributed by atoms with Crippen molar-refractivity contribution < 1.29 is 9.59 Å². The zero-order valence-electron chi connectivity index (χ0n) is 21.8. The Kier molecular flexibility index (Phi) is 11.2. The summed E-state index contributed by atoms with van der Waals surface area (Å²) in [6.45, 7) is 16.3. The molecule has 0 aliphatic heterocycles. The summed E-state index contributed by atoms with van der Waals surface area (Å²) in [6.07, 6.45) is 1.90. The van der Waals surface area contributed by atoms with E-state index >= 15 is 0 Å². The van der Waals surface area contributed by atoms with Crippen LogP contribution in [0.4, 0.5) is 11.4 Å². The van der Waals surface area contributed by atoms with E-state index in [4.69, 9.17) is 0 Å². The maximum absolute atomic E-state index is 12.7. The lowest BCUT2D eigenvalue weighted by atomic mass is 10.1. The van der Waals surface area contributed by atoms with Gasteiger partial charge in [0.05, 0.1) is 13.1 Å². The largest absolute Gasteiger partial charge is 0.324 e. The van der Waals surface area contributed by atoms with Crippen LogP contribution >= 0.6 is 0 Å². The number of carbonyl (C=O) groups excluding carboxylic acids is 2. The van der Waals surface area contributed by atoms with Gasteiger partial charge in [-0.05, 0) is 89.0 Å². The predicted molar refractivity (Wildman–Crippen MR) is 143 cm³/mol. The van der Waals surface area contributed by atoms with Crippen LogP contribution in [0, 0.1) is 27.7 Å². The average Bonchev–Trinajstić information content (AvgIpc) is 2.78. The summed E-state index contributed by atoms with van der Waals surface area (Å²) in [6, 6.07) is 12.1. The number of para-hydroxylation sites is 2. The van der Waals surface area contributed by atoms with Crippen LogP contribution in [0.2, 0.25) is 0 Å². The molecule has 0 unspecified atom stereocenters. The molecule has 2 aromatic carbocycles. The second-order valence-electron chi connectivity index (χ2n) is 9.13. The van der Waals surface area contributed by atoms with E-state index in [0.29, 0.717) is 13.1 Å². The molecular weight excluding hydrogens is 424 g/mol. The molecule has 0 radical (unpaired) electrons. The number of benzene rings is 2. The van der Waals surface area contributed by atoms with Crippen molar-refractivity contribution in [3.63, 3.8) is 0 Å². The van der Waals surface area contributed by atoms with Crippen molar-refractivity contribution in [1.29, 1.82) is 0 Å². The molecule has 2 aromatic rings. The summed E-state index contributed by atoms with van der Waals surface area (Å²) >= 11 is 0. The monoisotopic (exact) mass is 466 g/mol. The number of likely N-dealkylation sites (N-methyl/N-ethyl adjacent to an activating group) is 1. The van der Waals surface area contributed by atoms with Crippen LogP contribution in [-0.2, 0) is 9.59 Å². The third-order valence-electron chi connectivity index (χ3n) is 6.16. The Morgan fingerprint density at radius 3 is 1.50 bits per heavy atom. The zero-order chi connectivity index (χ0) is 25.1. The van der Waals surface area contributed by atoms with Crippen LogP contribution in [0.5, 0.6) is 0 Å². The minimum absolute atomic E-state index is 0.0117. The Labute approximate surface area is 205 Å². The first-order valence-corrected chi connectivity index (χ1v) is 12.4. The highest BCUT2D eigenvalue weighted by molar-refractivity contribution is 5.94. The van der Waals surface area contributed by atoms with Gasteiger partial charge in [-0.3, -0.25) is 19.4 Å². The van der Waals surface area contributed by atoms with Gasteiger partial charge < -0.3 is 10.6 Å². The summed E-state index contributed by atoms with van der Waals surface area (Å²) in [7, 11) is 0. The first-order chi connectivity index (χ1) is 16.2. The van der Waals surface area contributed by atoms with Crippen molar-refractivity contribution in [2.24, 2.45) is 0 Å². The molecule has 0 saturated heterocycles. The fourth-order valence-electron chi connectivity index (χ4n) is 4.24. The Morgan fingerprint density at radius 1 is 0.676 bits per heavy atom. The molecule has 0 spiro atoms. The van der Waals surface area contributed by atoms with Gasteiger partial charge >= 0.3 is 0 Å². The molecule has 2 amide bonds. The van der Waals surface area contributed by atoms with Gasteiger partial charge in [0.25, 0.3) is 0 Å². The molecule has 0 atom stereocenters. The van der Waals surface area contributed by atoms with E-state index in [1.54, 1.807) is 0 Å². The second-order valence-corrected chi connectivity index (χ2v) is 9.13. The van der Waals surface area contributed by atoms with Gasteiger partial charge in [0, 0.05) is 11.4 Å². The van der Waals surface area contributed by atoms with Crippen LogP contribution in [-0.4, -0.2) is 60.9 Å². The smallest absolute Gasteiger partial charge is 0.238 e. The van der Waals surface area contributed by atoms with E-state index in [2.05, 4.69) is 34.3 Å². The number of carbonyl (C=O) groups is 2. The molecule has 2 rings (SSSR count). The summed E-state index contributed by atoms with van der Waals surface area (Å²) in [4.78, 5) is 29.7. The van der Waals surface area contributed by atoms with Gasteiger partial charge in [0.1, 0.15) is 0 Å². The highest BCUT2D eigenvalue weighted by Crippen LogP contribution is 2.20. The maximum Gasteiger partial charge on any atom is 0.238 e. The molecule has 0 fully saturated rings.